The van der Waals surface area contributed by atoms with Crippen molar-refractivity contribution in [2.45, 2.75) is 83.3 Å². The first kappa shape index (κ1) is 25.2. The summed E-state index contributed by atoms with van der Waals surface area (Å²) in [4.78, 5) is 36.4. The number of carbonyl (C=O) groups excluding carboxylic acids is 2. The lowest BCUT2D eigenvalue weighted by molar-refractivity contribution is -0.126. The fraction of sp³-hybridized carbons (Fsp3) is 0.667. The molecule has 9 nitrogen and oxygen atoms in total. The van der Waals surface area contributed by atoms with Gasteiger partial charge in [-0.15, -0.1) is 0 Å². The second-order valence-corrected chi connectivity index (χ2v) is 9.75. The number of pyridine rings is 1. The lowest BCUT2D eigenvalue weighted by Gasteiger charge is -2.31. The highest BCUT2D eigenvalue weighted by molar-refractivity contribution is 9.10. The van der Waals surface area contributed by atoms with E-state index in [-0.39, 0.29) is 17.7 Å². The van der Waals surface area contributed by atoms with Crippen molar-refractivity contribution >= 4 is 27.9 Å². The van der Waals surface area contributed by atoms with Crippen LogP contribution >= 0.6 is 15.9 Å². The highest BCUT2D eigenvalue weighted by Gasteiger charge is 2.31. The van der Waals surface area contributed by atoms with Gasteiger partial charge >= 0.3 is 6.09 Å². The molecule has 10 heteroatoms. The Bertz CT molecular complexity index is 840. The van der Waals surface area contributed by atoms with Gasteiger partial charge in [-0.3, -0.25) is 9.59 Å². The van der Waals surface area contributed by atoms with Crippen LogP contribution in [0.1, 0.15) is 53.4 Å². The number of nitrogens with zero attached hydrogens (tertiary/aromatic N) is 1. The zero-order valence-corrected chi connectivity index (χ0v) is 20.2. The highest BCUT2D eigenvalue weighted by atomic mass is 79.9. The van der Waals surface area contributed by atoms with Crippen LogP contribution in [0.25, 0.3) is 0 Å². The third kappa shape index (κ3) is 7.84. The van der Waals surface area contributed by atoms with Crippen molar-refractivity contribution in [3.05, 3.63) is 27.1 Å². The number of aliphatic hydroxyl groups is 1. The van der Waals surface area contributed by atoms with E-state index in [2.05, 4.69) is 26.6 Å². The molecule has 2 rings (SSSR count). The Morgan fingerprint density at radius 3 is 2.42 bits per heavy atom. The van der Waals surface area contributed by atoms with E-state index in [0.717, 1.165) is 0 Å². The maximum Gasteiger partial charge on any atom is 0.408 e. The molecule has 1 aromatic heterocycles. The van der Waals surface area contributed by atoms with E-state index in [1.807, 2.05) is 0 Å². The fourth-order valence-corrected chi connectivity index (χ4v) is 3.82. The number of rotatable bonds is 6. The first-order chi connectivity index (χ1) is 14.4. The monoisotopic (exact) mass is 501 g/mol. The summed E-state index contributed by atoms with van der Waals surface area (Å²) in [6.45, 7) is 6.59. The SMILES string of the molecule is C[C@@H](O)[C@H](NC(=O)OC(C)(C)C)C(=O)NC1CCC(Oc2cc(=O)n(C)cc2Br)CC1. The van der Waals surface area contributed by atoms with Gasteiger partial charge in [-0.25, -0.2) is 4.79 Å². The van der Waals surface area contributed by atoms with Crippen molar-refractivity contribution in [3.8, 4) is 5.75 Å². The highest BCUT2D eigenvalue weighted by Crippen LogP contribution is 2.28. The molecule has 0 aromatic carbocycles. The number of ether oxygens (including phenoxy) is 2. The molecule has 0 bridgehead atoms. The molecular weight excluding hydrogens is 470 g/mol. The number of carbonyl (C=O) groups is 2. The van der Waals surface area contributed by atoms with Gasteiger partial charge in [0.25, 0.3) is 5.56 Å². The van der Waals surface area contributed by atoms with Crippen molar-refractivity contribution in [2.24, 2.45) is 7.05 Å². The lowest BCUT2D eigenvalue weighted by atomic mass is 9.92. The molecule has 2 atom stereocenters. The molecule has 1 aliphatic rings. The number of aryl methyl sites for hydroxylation is 1. The van der Waals surface area contributed by atoms with Crippen LogP contribution in [0.15, 0.2) is 21.5 Å². The molecule has 31 heavy (non-hydrogen) atoms. The summed E-state index contributed by atoms with van der Waals surface area (Å²) in [6.07, 6.45) is 2.52. The summed E-state index contributed by atoms with van der Waals surface area (Å²) in [7, 11) is 1.67. The molecule has 0 aliphatic heterocycles. The van der Waals surface area contributed by atoms with Crippen LogP contribution in [0.4, 0.5) is 4.79 Å². The number of alkyl carbamates (subject to hydrolysis) is 1. The largest absolute Gasteiger partial charge is 0.489 e. The normalized spacial score (nSPS) is 21.0. The van der Waals surface area contributed by atoms with Crippen molar-refractivity contribution < 1.29 is 24.2 Å². The van der Waals surface area contributed by atoms with Crippen LogP contribution in [-0.2, 0) is 16.6 Å². The zero-order chi connectivity index (χ0) is 23.3. The standard InChI is InChI=1S/C21H32BrN3O6/c1-12(26)18(24-20(29)31-21(2,3)4)19(28)23-13-6-8-14(9-7-13)30-16-10-17(27)25(5)11-15(16)22/h10-14,18,26H,6-9H2,1-5H3,(H,23,28)(H,24,29)/t12-,13?,14?,18+/m1/s1. The number of nitrogens with one attached hydrogen (secondary N) is 2. The third-order valence-corrected chi connectivity index (χ3v) is 5.49. The van der Waals surface area contributed by atoms with Gasteiger partial charge in [0.2, 0.25) is 5.91 Å². The van der Waals surface area contributed by atoms with Crippen molar-refractivity contribution in [1.29, 1.82) is 0 Å². The Balaban J connectivity index is 1.88. The van der Waals surface area contributed by atoms with Crippen molar-refractivity contribution in [3.63, 3.8) is 0 Å². The van der Waals surface area contributed by atoms with Gasteiger partial charge in [-0.2, -0.15) is 0 Å². The Labute approximate surface area is 190 Å². The number of hydrogen-bond acceptors (Lipinski definition) is 6. The van der Waals surface area contributed by atoms with Gasteiger partial charge < -0.3 is 29.8 Å². The van der Waals surface area contributed by atoms with Gasteiger partial charge in [0.1, 0.15) is 17.4 Å². The van der Waals surface area contributed by atoms with Gasteiger partial charge in [0, 0.05) is 25.4 Å². The fourth-order valence-electron chi connectivity index (χ4n) is 3.31. The van der Waals surface area contributed by atoms with Gasteiger partial charge in [0.05, 0.1) is 16.7 Å². The average Bonchev–Trinajstić information content (AvgIpc) is 2.64. The van der Waals surface area contributed by atoms with Crippen LogP contribution in [0.2, 0.25) is 0 Å². The van der Waals surface area contributed by atoms with Gasteiger partial charge in [-0.1, -0.05) is 0 Å². The van der Waals surface area contributed by atoms with Crippen LogP contribution in [-0.4, -0.2) is 51.6 Å². The summed E-state index contributed by atoms with van der Waals surface area (Å²) in [5, 5.41) is 15.3. The summed E-state index contributed by atoms with van der Waals surface area (Å²) >= 11 is 3.41. The minimum absolute atomic E-state index is 0.0657. The van der Waals surface area contributed by atoms with E-state index in [4.69, 9.17) is 9.47 Å². The van der Waals surface area contributed by atoms with E-state index >= 15 is 0 Å². The third-order valence-electron chi connectivity index (χ3n) is 4.90. The zero-order valence-electron chi connectivity index (χ0n) is 18.6. The maximum absolute atomic E-state index is 12.6. The van der Waals surface area contributed by atoms with Gasteiger partial charge in [0.15, 0.2) is 0 Å². The molecule has 1 saturated carbocycles. The molecule has 1 fully saturated rings. The van der Waals surface area contributed by atoms with Crippen LogP contribution in [0.5, 0.6) is 5.75 Å². The molecule has 174 valence electrons. The Morgan fingerprint density at radius 2 is 1.87 bits per heavy atom. The van der Waals surface area contributed by atoms with E-state index < -0.39 is 29.7 Å². The smallest absolute Gasteiger partial charge is 0.408 e. The Morgan fingerprint density at radius 1 is 1.26 bits per heavy atom. The lowest BCUT2D eigenvalue weighted by Crippen LogP contribution is -2.55. The predicted octanol–water partition coefficient (Wildman–Crippen LogP) is 2.23. The number of halogens is 1. The van der Waals surface area contributed by atoms with Crippen LogP contribution < -0.4 is 20.9 Å². The molecule has 0 unspecified atom stereocenters. The summed E-state index contributed by atoms with van der Waals surface area (Å²) in [6, 6.07) is 0.245. The van der Waals surface area contributed by atoms with Crippen LogP contribution in [0, 0.1) is 0 Å². The van der Waals surface area contributed by atoms with Crippen LogP contribution in [0.3, 0.4) is 0 Å². The second-order valence-electron chi connectivity index (χ2n) is 8.90. The molecule has 1 aromatic rings. The summed E-state index contributed by atoms with van der Waals surface area (Å²) in [5.74, 6) is 0.0471. The molecular formula is C21H32BrN3O6. The van der Waals surface area contributed by atoms with E-state index in [1.54, 1.807) is 34.0 Å². The topological polar surface area (TPSA) is 119 Å². The van der Waals surface area contributed by atoms with E-state index in [1.165, 1.54) is 17.6 Å². The Hall–Kier alpha value is -2.07. The predicted molar refractivity (Wildman–Crippen MR) is 119 cm³/mol. The maximum atomic E-state index is 12.6. The summed E-state index contributed by atoms with van der Waals surface area (Å²) < 4.78 is 13.3. The molecule has 0 saturated heterocycles. The first-order valence-corrected chi connectivity index (χ1v) is 11.2. The number of amides is 2. The minimum atomic E-state index is -1.11. The molecule has 3 N–H and O–H groups in total. The molecule has 0 spiro atoms. The average molecular weight is 502 g/mol. The van der Waals surface area contributed by atoms with E-state index in [0.29, 0.717) is 35.9 Å². The van der Waals surface area contributed by atoms with E-state index in [9.17, 15) is 19.5 Å². The second kappa shape index (κ2) is 10.5. The summed E-state index contributed by atoms with van der Waals surface area (Å²) in [5.41, 5.74) is -0.860. The van der Waals surface area contributed by atoms with Crippen molar-refractivity contribution in [1.82, 2.24) is 15.2 Å². The molecule has 2 amide bonds. The molecule has 1 aliphatic carbocycles. The van der Waals surface area contributed by atoms with Crippen molar-refractivity contribution in [2.75, 3.05) is 0 Å². The van der Waals surface area contributed by atoms with Gasteiger partial charge in [-0.05, 0) is 69.3 Å². The minimum Gasteiger partial charge on any atom is -0.489 e. The molecule has 1 heterocycles. The molecule has 0 radical (unpaired) electrons. The first-order valence-electron chi connectivity index (χ1n) is 10.4. The quantitative estimate of drug-likeness (QED) is 0.549. The number of aromatic nitrogens is 1. The number of aliphatic hydroxyl groups excluding tert-OH is 1. The Kier molecular flexibility index (Phi) is 8.53. The number of hydrogen-bond donors (Lipinski definition) is 3.